The molecular weight excluding hydrogens is 384 g/mol. The van der Waals surface area contributed by atoms with E-state index in [1.165, 1.54) is 20.3 Å². The van der Waals surface area contributed by atoms with Crippen molar-refractivity contribution in [2.24, 2.45) is 0 Å². The normalized spacial score (nSPS) is 16.3. The summed E-state index contributed by atoms with van der Waals surface area (Å²) in [6, 6.07) is 7.43. The second-order valence-electron chi connectivity index (χ2n) is 6.65. The molecule has 0 bridgehead atoms. The lowest BCUT2D eigenvalue weighted by Gasteiger charge is -2.20. The number of nitrogens with one attached hydrogen (secondary N) is 1. The van der Waals surface area contributed by atoms with E-state index < -0.39 is 11.6 Å². The minimum absolute atomic E-state index is 0.0821. The van der Waals surface area contributed by atoms with Crippen molar-refractivity contribution < 1.29 is 27.5 Å². The molecule has 1 N–H and O–H groups in total. The third-order valence-electron chi connectivity index (χ3n) is 4.89. The summed E-state index contributed by atoms with van der Waals surface area (Å²) in [5.41, 5.74) is 0.339. The Hall–Kier alpha value is -3.36. The van der Waals surface area contributed by atoms with E-state index in [2.05, 4.69) is 10.3 Å². The number of hydrogen-bond donors (Lipinski definition) is 1. The number of halogens is 2. The van der Waals surface area contributed by atoms with Crippen LogP contribution in [0, 0.1) is 11.6 Å². The SMILES string of the molecule is COc1cccc(OC)c1C(=O)N1CC[C@@H](Nc2nc3ccc(F)c(F)c3o2)C1. The van der Waals surface area contributed by atoms with Crippen LogP contribution in [0.2, 0.25) is 0 Å². The summed E-state index contributed by atoms with van der Waals surface area (Å²) in [5, 5.41) is 3.05. The molecule has 0 radical (unpaired) electrons. The van der Waals surface area contributed by atoms with Crippen molar-refractivity contribution in [3.63, 3.8) is 0 Å². The monoisotopic (exact) mass is 403 g/mol. The second-order valence-corrected chi connectivity index (χ2v) is 6.65. The van der Waals surface area contributed by atoms with E-state index in [-0.39, 0.29) is 29.1 Å². The van der Waals surface area contributed by atoms with E-state index >= 15 is 0 Å². The Kier molecular flexibility index (Phi) is 4.96. The van der Waals surface area contributed by atoms with Crippen molar-refractivity contribution in [1.82, 2.24) is 9.88 Å². The fraction of sp³-hybridized carbons (Fsp3) is 0.300. The van der Waals surface area contributed by atoms with Crippen molar-refractivity contribution >= 4 is 23.0 Å². The Morgan fingerprint density at radius 3 is 2.62 bits per heavy atom. The number of hydrogen-bond acceptors (Lipinski definition) is 6. The van der Waals surface area contributed by atoms with Crippen LogP contribution in [0.4, 0.5) is 14.8 Å². The Morgan fingerprint density at radius 2 is 1.93 bits per heavy atom. The molecule has 0 aliphatic carbocycles. The smallest absolute Gasteiger partial charge is 0.296 e. The summed E-state index contributed by atoms with van der Waals surface area (Å²) in [4.78, 5) is 18.8. The van der Waals surface area contributed by atoms with Crippen molar-refractivity contribution in [1.29, 1.82) is 0 Å². The van der Waals surface area contributed by atoms with Crippen LogP contribution in [0.25, 0.3) is 11.1 Å². The number of carbonyl (C=O) groups excluding carboxylic acids is 1. The third kappa shape index (κ3) is 3.43. The highest BCUT2D eigenvalue weighted by Gasteiger charge is 2.31. The number of rotatable bonds is 5. The lowest BCUT2D eigenvalue weighted by Crippen LogP contribution is -2.32. The molecule has 7 nitrogen and oxygen atoms in total. The van der Waals surface area contributed by atoms with Crippen molar-refractivity contribution in [2.75, 3.05) is 32.6 Å². The highest BCUT2D eigenvalue weighted by Crippen LogP contribution is 2.31. The second kappa shape index (κ2) is 7.57. The zero-order valence-corrected chi connectivity index (χ0v) is 15.9. The van der Waals surface area contributed by atoms with Gasteiger partial charge >= 0.3 is 0 Å². The van der Waals surface area contributed by atoms with Crippen LogP contribution in [0.15, 0.2) is 34.7 Å². The summed E-state index contributed by atoms with van der Waals surface area (Å²) < 4.78 is 43.1. The lowest BCUT2D eigenvalue weighted by molar-refractivity contribution is 0.0784. The van der Waals surface area contributed by atoms with Crippen LogP contribution in [0.1, 0.15) is 16.8 Å². The topological polar surface area (TPSA) is 76.8 Å². The largest absolute Gasteiger partial charge is 0.496 e. The molecule has 3 aromatic rings. The van der Waals surface area contributed by atoms with Crippen LogP contribution in [0.5, 0.6) is 11.5 Å². The molecule has 152 valence electrons. The average Bonchev–Trinajstić information content (AvgIpc) is 3.37. The number of aromatic nitrogens is 1. The van der Waals surface area contributed by atoms with Gasteiger partial charge in [-0.05, 0) is 30.7 Å². The first-order valence-corrected chi connectivity index (χ1v) is 9.03. The summed E-state index contributed by atoms with van der Waals surface area (Å²) in [6.45, 7) is 0.885. The summed E-state index contributed by atoms with van der Waals surface area (Å²) in [6.07, 6.45) is 0.638. The van der Waals surface area contributed by atoms with Gasteiger partial charge in [0.05, 0.1) is 14.2 Å². The number of methoxy groups -OCH3 is 2. The minimum atomic E-state index is -1.07. The van der Waals surface area contributed by atoms with Gasteiger partial charge in [-0.3, -0.25) is 4.79 Å². The zero-order chi connectivity index (χ0) is 20.5. The van der Waals surface area contributed by atoms with Gasteiger partial charge in [0, 0.05) is 19.1 Å². The van der Waals surface area contributed by atoms with Crippen LogP contribution < -0.4 is 14.8 Å². The fourth-order valence-corrected chi connectivity index (χ4v) is 3.45. The molecule has 1 saturated heterocycles. The molecule has 2 aromatic carbocycles. The van der Waals surface area contributed by atoms with Gasteiger partial charge in [-0.2, -0.15) is 9.37 Å². The van der Waals surface area contributed by atoms with Gasteiger partial charge in [-0.15, -0.1) is 0 Å². The minimum Gasteiger partial charge on any atom is -0.496 e. The van der Waals surface area contributed by atoms with E-state index in [1.807, 2.05) is 0 Å². The molecule has 1 aliphatic heterocycles. The molecule has 2 heterocycles. The maximum absolute atomic E-state index is 13.8. The Bertz CT molecular complexity index is 1050. The maximum atomic E-state index is 13.8. The van der Waals surface area contributed by atoms with E-state index in [9.17, 15) is 13.6 Å². The van der Waals surface area contributed by atoms with Crippen LogP contribution in [-0.2, 0) is 0 Å². The number of amides is 1. The van der Waals surface area contributed by atoms with Gasteiger partial charge in [-0.25, -0.2) is 4.39 Å². The van der Waals surface area contributed by atoms with Gasteiger partial charge in [0.2, 0.25) is 5.82 Å². The van der Waals surface area contributed by atoms with Crippen molar-refractivity contribution in [3.8, 4) is 11.5 Å². The summed E-state index contributed by atoms with van der Waals surface area (Å²) in [7, 11) is 2.99. The Balaban J connectivity index is 1.50. The molecule has 0 spiro atoms. The number of oxazole rings is 1. The molecule has 1 atom stereocenters. The Labute approximate surface area is 165 Å². The predicted octanol–water partition coefficient (Wildman–Crippen LogP) is 3.45. The van der Waals surface area contributed by atoms with E-state index in [1.54, 1.807) is 23.1 Å². The molecular formula is C20H19F2N3O4. The third-order valence-corrected chi connectivity index (χ3v) is 4.89. The first kappa shape index (κ1) is 19.0. The maximum Gasteiger partial charge on any atom is 0.296 e. The van der Waals surface area contributed by atoms with Crippen LogP contribution in [-0.4, -0.2) is 49.1 Å². The van der Waals surface area contributed by atoms with Gasteiger partial charge in [0.15, 0.2) is 11.4 Å². The number of fused-ring (bicyclic) bond motifs is 1. The van der Waals surface area contributed by atoms with E-state index in [4.69, 9.17) is 13.9 Å². The highest BCUT2D eigenvalue weighted by atomic mass is 19.2. The highest BCUT2D eigenvalue weighted by molar-refractivity contribution is 6.00. The molecule has 4 rings (SSSR count). The molecule has 1 fully saturated rings. The first-order chi connectivity index (χ1) is 14.0. The molecule has 1 aliphatic rings. The summed E-state index contributed by atoms with van der Waals surface area (Å²) in [5.74, 6) is -1.42. The zero-order valence-electron chi connectivity index (χ0n) is 15.9. The van der Waals surface area contributed by atoms with Gasteiger partial charge in [0.1, 0.15) is 22.6 Å². The predicted molar refractivity (Wildman–Crippen MR) is 101 cm³/mol. The van der Waals surface area contributed by atoms with Crippen molar-refractivity contribution in [2.45, 2.75) is 12.5 Å². The van der Waals surface area contributed by atoms with E-state index in [0.717, 1.165) is 6.07 Å². The molecule has 1 aromatic heterocycles. The number of nitrogens with zero attached hydrogens (tertiary/aromatic N) is 2. The molecule has 9 heteroatoms. The van der Waals surface area contributed by atoms with Crippen LogP contribution in [0.3, 0.4) is 0 Å². The number of benzene rings is 2. The molecule has 0 unspecified atom stereocenters. The molecule has 29 heavy (non-hydrogen) atoms. The van der Waals surface area contributed by atoms with E-state index in [0.29, 0.717) is 36.6 Å². The van der Waals surface area contributed by atoms with Gasteiger partial charge < -0.3 is 24.1 Å². The van der Waals surface area contributed by atoms with Gasteiger partial charge in [0.25, 0.3) is 11.9 Å². The number of likely N-dealkylation sites (tertiary alicyclic amines) is 1. The lowest BCUT2D eigenvalue weighted by atomic mass is 10.1. The van der Waals surface area contributed by atoms with Crippen LogP contribution >= 0.6 is 0 Å². The van der Waals surface area contributed by atoms with Gasteiger partial charge in [-0.1, -0.05) is 6.07 Å². The first-order valence-electron chi connectivity index (χ1n) is 9.03. The molecule has 1 amide bonds. The quantitative estimate of drug-likeness (QED) is 0.703. The number of anilines is 1. The standard InChI is InChI=1S/C20H19F2N3O4/c1-27-14-4-3-5-15(28-2)16(14)19(26)25-9-8-11(10-25)23-20-24-13-7-6-12(21)17(22)18(13)29-20/h3-7,11H,8-10H2,1-2H3,(H,23,24)/t11-/m1/s1. The Morgan fingerprint density at radius 1 is 1.21 bits per heavy atom. The number of ether oxygens (including phenoxy) is 2. The van der Waals surface area contributed by atoms with Crippen molar-refractivity contribution in [3.05, 3.63) is 47.5 Å². The summed E-state index contributed by atoms with van der Waals surface area (Å²) >= 11 is 0. The molecule has 0 saturated carbocycles. The average molecular weight is 403 g/mol. The number of carbonyl (C=O) groups is 1. The fourth-order valence-electron chi connectivity index (χ4n) is 3.45.